The lowest BCUT2D eigenvalue weighted by Gasteiger charge is -2.12. The number of fused-ring (bicyclic) bond motifs is 1. The summed E-state index contributed by atoms with van der Waals surface area (Å²) in [4.78, 5) is 17.4. The zero-order chi connectivity index (χ0) is 18.0. The summed E-state index contributed by atoms with van der Waals surface area (Å²) in [6, 6.07) is 8.46. The Balaban J connectivity index is 1.70. The van der Waals surface area contributed by atoms with Crippen molar-refractivity contribution in [3.8, 4) is 0 Å². The highest BCUT2D eigenvalue weighted by Crippen LogP contribution is 2.21. The molecule has 0 amide bonds. The number of thioether (sulfide) groups is 1. The van der Waals surface area contributed by atoms with Crippen LogP contribution in [0.1, 0.15) is 11.3 Å². The zero-order valence-electron chi connectivity index (χ0n) is 13.7. The van der Waals surface area contributed by atoms with Gasteiger partial charge in [0.05, 0.1) is 10.6 Å². The van der Waals surface area contributed by atoms with Crippen molar-refractivity contribution in [3.63, 3.8) is 0 Å². The molecule has 0 aliphatic rings. The van der Waals surface area contributed by atoms with Crippen molar-refractivity contribution in [1.82, 2.24) is 13.7 Å². The summed E-state index contributed by atoms with van der Waals surface area (Å²) in [7, 11) is -0.400. The van der Waals surface area contributed by atoms with Crippen LogP contribution in [0, 0.1) is 0 Å². The predicted molar refractivity (Wildman–Crippen MR) is 102 cm³/mol. The van der Waals surface area contributed by atoms with Gasteiger partial charge in [0.25, 0.3) is 5.56 Å². The monoisotopic (exact) mass is 395 g/mol. The van der Waals surface area contributed by atoms with Gasteiger partial charge >= 0.3 is 0 Å². The number of hydrogen-bond donors (Lipinski definition) is 0. The summed E-state index contributed by atoms with van der Waals surface area (Å²) < 4.78 is 27.1. The molecule has 0 saturated heterocycles. The number of sulfonamides is 1. The van der Waals surface area contributed by atoms with Gasteiger partial charge in [0.1, 0.15) is 0 Å². The maximum absolute atomic E-state index is 12.2. The van der Waals surface area contributed by atoms with E-state index in [-0.39, 0.29) is 10.5 Å². The molecule has 0 aliphatic heterocycles. The van der Waals surface area contributed by atoms with Gasteiger partial charge < -0.3 is 0 Å². The van der Waals surface area contributed by atoms with Crippen LogP contribution in [-0.4, -0.2) is 36.2 Å². The van der Waals surface area contributed by atoms with E-state index in [0.717, 1.165) is 11.3 Å². The Hall–Kier alpha value is -1.68. The lowest BCUT2D eigenvalue weighted by Crippen LogP contribution is -2.22. The number of nitrogens with zero attached hydrogens (tertiary/aromatic N) is 3. The summed E-state index contributed by atoms with van der Waals surface area (Å²) in [6.45, 7) is 0. The topological polar surface area (TPSA) is 71.8 Å². The molecule has 132 valence electrons. The van der Waals surface area contributed by atoms with Gasteiger partial charge in [-0.2, -0.15) is 11.8 Å². The maximum Gasteiger partial charge on any atom is 0.258 e. The van der Waals surface area contributed by atoms with Crippen molar-refractivity contribution in [2.75, 3.05) is 14.1 Å². The standard InChI is InChI=1S/C16H17N3O3S3/c1-18(2)25(21,22)14-5-3-4-12(8-14)10-23-11-13-9-15(20)19-6-7-24-16(19)17-13/h3-9H,10-11H2,1-2H3. The minimum absolute atomic E-state index is 0.0825. The molecule has 9 heteroatoms. The van der Waals surface area contributed by atoms with E-state index in [1.165, 1.54) is 34.1 Å². The molecule has 0 spiro atoms. The third-order valence-electron chi connectivity index (χ3n) is 3.55. The summed E-state index contributed by atoms with van der Waals surface area (Å²) in [5.74, 6) is 1.23. The van der Waals surface area contributed by atoms with Gasteiger partial charge in [-0.05, 0) is 17.7 Å². The van der Waals surface area contributed by atoms with Crippen molar-refractivity contribution in [3.05, 3.63) is 63.5 Å². The van der Waals surface area contributed by atoms with Gasteiger partial charge in [-0.25, -0.2) is 17.7 Å². The molecule has 3 rings (SSSR count). The molecule has 2 heterocycles. The summed E-state index contributed by atoms with van der Waals surface area (Å²) in [5, 5.41) is 1.83. The van der Waals surface area contributed by atoms with E-state index in [2.05, 4.69) is 4.98 Å². The highest BCUT2D eigenvalue weighted by molar-refractivity contribution is 7.97. The summed E-state index contributed by atoms with van der Waals surface area (Å²) in [5.41, 5.74) is 1.57. The van der Waals surface area contributed by atoms with Crippen LogP contribution < -0.4 is 5.56 Å². The molecular weight excluding hydrogens is 378 g/mol. The van der Waals surface area contributed by atoms with Crippen LogP contribution in [-0.2, 0) is 21.5 Å². The highest BCUT2D eigenvalue weighted by atomic mass is 32.2. The van der Waals surface area contributed by atoms with Crippen molar-refractivity contribution in [1.29, 1.82) is 0 Å². The van der Waals surface area contributed by atoms with E-state index in [0.29, 0.717) is 16.5 Å². The molecule has 3 aromatic rings. The third-order valence-corrected chi connectivity index (χ3v) is 7.16. The second-order valence-corrected chi connectivity index (χ2v) is 9.58. The number of rotatable bonds is 6. The van der Waals surface area contributed by atoms with E-state index < -0.39 is 10.0 Å². The van der Waals surface area contributed by atoms with Crippen LogP contribution in [0.3, 0.4) is 0 Å². The molecule has 1 aromatic carbocycles. The number of hydrogen-bond acceptors (Lipinski definition) is 6. The van der Waals surface area contributed by atoms with Crippen molar-refractivity contribution < 1.29 is 8.42 Å². The first-order chi connectivity index (χ1) is 11.9. The molecule has 0 radical (unpaired) electrons. The first-order valence-corrected chi connectivity index (χ1v) is 10.9. The van der Waals surface area contributed by atoms with Gasteiger partial charge in [0.15, 0.2) is 4.96 Å². The Labute approximate surface area is 154 Å². The summed E-state index contributed by atoms with van der Waals surface area (Å²) >= 11 is 3.02. The summed E-state index contributed by atoms with van der Waals surface area (Å²) in [6.07, 6.45) is 1.71. The maximum atomic E-state index is 12.2. The number of benzene rings is 1. The molecule has 0 bridgehead atoms. The van der Waals surface area contributed by atoms with Crippen LogP contribution in [0.4, 0.5) is 0 Å². The van der Waals surface area contributed by atoms with Crippen LogP contribution in [0.15, 0.2) is 51.6 Å². The SMILES string of the molecule is CN(C)S(=O)(=O)c1cccc(CSCc2cc(=O)n3ccsc3n2)c1. The van der Waals surface area contributed by atoms with Gasteiger partial charge in [0, 0.05) is 43.2 Å². The molecule has 0 atom stereocenters. The first-order valence-electron chi connectivity index (χ1n) is 7.43. The van der Waals surface area contributed by atoms with Gasteiger partial charge in [-0.1, -0.05) is 12.1 Å². The van der Waals surface area contributed by atoms with Crippen molar-refractivity contribution in [2.24, 2.45) is 0 Å². The Morgan fingerprint density at radius 2 is 2.04 bits per heavy atom. The predicted octanol–water partition coefficient (Wildman–Crippen LogP) is 2.44. The van der Waals surface area contributed by atoms with E-state index in [4.69, 9.17) is 0 Å². The van der Waals surface area contributed by atoms with Gasteiger partial charge in [-0.3, -0.25) is 9.20 Å². The van der Waals surface area contributed by atoms with E-state index in [1.54, 1.807) is 42.2 Å². The van der Waals surface area contributed by atoms with Gasteiger partial charge in [-0.15, -0.1) is 11.3 Å². The molecule has 0 saturated carbocycles. The second kappa shape index (κ2) is 7.28. The minimum atomic E-state index is -3.43. The quantitative estimate of drug-likeness (QED) is 0.641. The molecule has 0 unspecified atom stereocenters. The highest BCUT2D eigenvalue weighted by Gasteiger charge is 2.17. The molecular formula is C16H17N3O3S3. The van der Waals surface area contributed by atoms with Crippen molar-refractivity contribution >= 4 is 38.1 Å². The van der Waals surface area contributed by atoms with E-state index in [9.17, 15) is 13.2 Å². The Morgan fingerprint density at radius 1 is 1.24 bits per heavy atom. The third kappa shape index (κ3) is 3.95. The van der Waals surface area contributed by atoms with Crippen molar-refractivity contribution in [2.45, 2.75) is 16.4 Å². The number of aromatic nitrogens is 2. The second-order valence-electron chi connectivity index (χ2n) is 5.57. The lowest BCUT2D eigenvalue weighted by molar-refractivity contribution is 0.520. The first kappa shape index (κ1) is 18.1. The zero-order valence-corrected chi connectivity index (χ0v) is 16.2. The minimum Gasteiger partial charge on any atom is -0.269 e. The van der Waals surface area contributed by atoms with Crippen LogP contribution in [0.2, 0.25) is 0 Å². The van der Waals surface area contributed by atoms with Crippen LogP contribution in [0.5, 0.6) is 0 Å². The van der Waals surface area contributed by atoms with Crippen LogP contribution in [0.25, 0.3) is 4.96 Å². The Morgan fingerprint density at radius 3 is 2.80 bits per heavy atom. The van der Waals surface area contributed by atoms with E-state index in [1.807, 2.05) is 11.4 Å². The molecule has 6 nitrogen and oxygen atoms in total. The smallest absolute Gasteiger partial charge is 0.258 e. The number of thiazole rings is 1. The lowest BCUT2D eigenvalue weighted by atomic mass is 10.2. The fourth-order valence-electron chi connectivity index (χ4n) is 2.24. The fraction of sp³-hybridized carbons (Fsp3) is 0.250. The average molecular weight is 396 g/mol. The molecule has 0 N–H and O–H groups in total. The van der Waals surface area contributed by atoms with E-state index >= 15 is 0 Å². The van der Waals surface area contributed by atoms with Crippen LogP contribution >= 0.6 is 23.1 Å². The molecule has 25 heavy (non-hydrogen) atoms. The van der Waals surface area contributed by atoms with Gasteiger partial charge in [0.2, 0.25) is 10.0 Å². The molecule has 0 fully saturated rings. The molecule has 2 aromatic heterocycles. The largest absolute Gasteiger partial charge is 0.269 e. The Kier molecular flexibility index (Phi) is 5.28. The molecule has 0 aliphatic carbocycles. The Bertz CT molecular complexity index is 1050. The fourth-order valence-corrected chi connectivity index (χ4v) is 4.83. The average Bonchev–Trinajstić information content (AvgIpc) is 3.04. The normalized spacial score (nSPS) is 12.1.